The van der Waals surface area contributed by atoms with E-state index in [1.807, 2.05) is 30.3 Å². The molecule has 2 aromatic carbocycles. The quantitative estimate of drug-likeness (QED) is 0.592. The Morgan fingerprint density at radius 2 is 1.87 bits per heavy atom. The molecular weight excluding hydrogens is 408 g/mol. The summed E-state index contributed by atoms with van der Waals surface area (Å²) in [6.45, 7) is 3.82. The molecule has 1 heterocycles. The minimum atomic E-state index is -3.66. The molecule has 0 radical (unpaired) electrons. The van der Waals surface area contributed by atoms with Crippen LogP contribution in [-0.4, -0.2) is 63.0 Å². The lowest BCUT2D eigenvalue weighted by Crippen LogP contribution is -2.37. The van der Waals surface area contributed by atoms with Gasteiger partial charge in [-0.15, -0.1) is 0 Å². The summed E-state index contributed by atoms with van der Waals surface area (Å²) in [5.41, 5.74) is 1.02. The standard InChI is InChI=1S/C21H26N2O6S/c24-21(25)18-7-8-20(29-16-17-5-2-1-3-6-17)19(15-18)22-30(26,27)14-4-9-23-10-12-28-13-11-23/h1-3,5-8,15,22H,4,9-14,16H2,(H,24,25). The summed E-state index contributed by atoms with van der Waals surface area (Å²) in [4.78, 5) is 13.5. The van der Waals surface area contributed by atoms with Crippen molar-refractivity contribution >= 4 is 21.7 Å². The Hall–Kier alpha value is -2.62. The van der Waals surface area contributed by atoms with Crippen molar-refractivity contribution in [2.75, 3.05) is 43.3 Å². The number of hydrogen-bond donors (Lipinski definition) is 2. The molecule has 3 rings (SSSR count). The van der Waals surface area contributed by atoms with Crippen LogP contribution in [0.3, 0.4) is 0 Å². The number of aromatic carboxylic acids is 1. The van der Waals surface area contributed by atoms with E-state index >= 15 is 0 Å². The van der Waals surface area contributed by atoms with E-state index in [2.05, 4.69) is 9.62 Å². The van der Waals surface area contributed by atoms with Crippen LogP contribution in [0.4, 0.5) is 5.69 Å². The lowest BCUT2D eigenvalue weighted by atomic mass is 10.2. The maximum atomic E-state index is 12.6. The molecule has 162 valence electrons. The average Bonchev–Trinajstić information content (AvgIpc) is 2.74. The summed E-state index contributed by atoms with van der Waals surface area (Å²) in [5.74, 6) is -0.933. The number of carboxylic acids is 1. The number of nitrogens with zero attached hydrogens (tertiary/aromatic N) is 1. The van der Waals surface area contributed by atoms with Gasteiger partial charge >= 0.3 is 5.97 Å². The zero-order valence-corrected chi connectivity index (χ0v) is 17.4. The minimum Gasteiger partial charge on any atom is -0.487 e. The highest BCUT2D eigenvalue weighted by atomic mass is 32.2. The number of nitrogens with one attached hydrogen (secondary N) is 1. The first-order valence-corrected chi connectivity index (χ1v) is 11.4. The van der Waals surface area contributed by atoms with E-state index in [1.165, 1.54) is 18.2 Å². The average molecular weight is 435 g/mol. The number of carbonyl (C=O) groups is 1. The van der Waals surface area contributed by atoms with Crippen molar-refractivity contribution in [3.63, 3.8) is 0 Å². The second-order valence-corrected chi connectivity index (χ2v) is 8.86. The summed E-state index contributed by atoms with van der Waals surface area (Å²) in [7, 11) is -3.66. The van der Waals surface area contributed by atoms with Gasteiger partial charge in [-0.1, -0.05) is 30.3 Å². The van der Waals surface area contributed by atoms with Crippen molar-refractivity contribution in [1.82, 2.24) is 4.90 Å². The Balaban J connectivity index is 1.66. The molecule has 0 aromatic heterocycles. The smallest absolute Gasteiger partial charge is 0.335 e. The van der Waals surface area contributed by atoms with Crippen LogP contribution in [0, 0.1) is 0 Å². The van der Waals surface area contributed by atoms with Gasteiger partial charge in [-0.25, -0.2) is 13.2 Å². The van der Waals surface area contributed by atoms with Crippen LogP contribution in [0.15, 0.2) is 48.5 Å². The van der Waals surface area contributed by atoms with Crippen molar-refractivity contribution in [1.29, 1.82) is 0 Å². The van der Waals surface area contributed by atoms with E-state index in [1.54, 1.807) is 0 Å². The maximum absolute atomic E-state index is 12.6. The highest BCUT2D eigenvalue weighted by Crippen LogP contribution is 2.28. The zero-order valence-electron chi connectivity index (χ0n) is 16.6. The Labute approximate surface area is 176 Å². The van der Waals surface area contributed by atoms with Gasteiger partial charge in [-0.05, 0) is 36.7 Å². The van der Waals surface area contributed by atoms with Crippen LogP contribution < -0.4 is 9.46 Å². The van der Waals surface area contributed by atoms with Gasteiger partial charge in [0.25, 0.3) is 0 Å². The SMILES string of the molecule is O=C(O)c1ccc(OCc2ccccc2)c(NS(=O)(=O)CCCN2CCOCC2)c1. The Morgan fingerprint density at radius 3 is 2.57 bits per heavy atom. The van der Waals surface area contributed by atoms with Gasteiger partial charge in [0.05, 0.1) is 30.2 Å². The highest BCUT2D eigenvalue weighted by Gasteiger charge is 2.18. The molecule has 1 aliphatic heterocycles. The summed E-state index contributed by atoms with van der Waals surface area (Å²) >= 11 is 0. The first-order valence-electron chi connectivity index (χ1n) is 9.77. The molecular formula is C21H26N2O6S. The molecule has 2 aromatic rings. The second kappa shape index (κ2) is 10.4. The predicted octanol–water partition coefficient (Wildman–Crippen LogP) is 2.43. The Morgan fingerprint density at radius 1 is 1.13 bits per heavy atom. The molecule has 0 amide bonds. The number of ether oxygens (including phenoxy) is 2. The molecule has 0 atom stereocenters. The number of hydrogen-bond acceptors (Lipinski definition) is 6. The number of benzene rings is 2. The topological polar surface area (TPSA) is 105 Å². The zero-order chi connectivity index (χ0) is 21.4. The Kier molecular flexibility index (Phi) is 7.67. The predicted molar refractivity (Wildman–Crippen MR) is 113 cm³/mol. The van der Waals surface area contributed by atoms with Gasteiger partial charge in [-0.3, -0.25) is 9.62 Å². The van der Waals surface area contributed by atoms with Crippen LogP contribution in [0.2, 0.25) is 0 Å². The van der Waals surface area contributed by atoms with E-state index < -0.39 is 16.0 Å². The number of morpholine rings is 1. The van der Waals surface area contributed by atoms with Gasteiger partial charge < -0.3 is 14.6 Å². The molecule has 1 fully saturated rings. The largest absolute Gasteiger partial charge is 0.487 e. The summed E-state index contributed by atoms with van der Waals surface area (Å²) in [5, 5.41) is 9.26. The van der Waals surface area contributed by atoms with E-state index in [0.29, 0.717) is 26.2 Å². The van der Waals surface area contributed by atoms with Gasteiger partial charge in [0.1, 0.15) is 12.4 Å². The van der Waals surface area contributed by atoms with Crippen molar-refractivity contribution in [3.05, 3.63) is 59.7 Å². The fourth-order valence-corrected chi connectivity index (χ4v) is 4.23. The third kappa shape index (κ3) is 6.72. The number of carboxylic acid groups (broad SMARTS) is 1. The second-order valence-electron chi connectivity index (χ2n) is 7.02. The van der Waals surface area contributed by atoms with E-state index in [9.17, 15) is 18.3 Å². The van der Waals surface area contributed by atoms with Crippen molar-refractivity contribution in [2.45, 2.75) is 13.0 Å². The molecule has 0 saturated carbocycles. The lowest BCUT2D eigenvalue weighted by molar-refractivity contribution is 0.0381. The van der Waals surface area contributed by atoms with Crippen LogP contribution in [0.25, 0.3) is 0 Å². The summed E-state index contributed by atoms with van der Waals surface area (Å²) < 4.78 is 38.7. The normalized spacial score (nSPS) is 14.9. The van der Waals surface area contributed by atoms with E-state index in [0.717, 1.165) is 18.7 Å². The first-order chi connectivity index (χ1) is 14.4. The van der Waals surface area contributed by atoms with E-state index in [4.69, 9.17) is 9.47 Å². The van der Waals surface area contributed by atoms with E-state index in [-0.39, 0.29) is 29.4 Å². The molecule has 0 aliphatic carbocycles. The molecule has 2 N–H and O–H groups in total. The monoisotopic (exact) mass is 434 g/mol. The number of anilines is 1. The van der Waals surface area contributed by atoms with Crippen molar-refractivity contribution in [2.24, 2.45) is 0 Å². The number of rotatable bonds is 10. The molecule has 30 heavy (non-hydrogen) atoms. The first kappa shape index (κ1) is 22.1. The summed E-state index contributed by atoms with van der Waals surface area (Å²) in [6.07, 6.45) is 0.466. The molecule has 8 nitrogen and oxygen atoms in total. The third-order valence-corrected chi connectivity index (χ3v) is 6.08. The number of sulfonamides is 1. The molecule has 1 aliphatic rings. The molecule has 0 bridgehead atoms. The highest BCUT2D eigenvalue weighted by molar-refractivity contribution is 7.92. The van der Waals surface area contributed by atoms with Crippen LogP contribution in [0.5, 0.6) is 5.75 Å². The fourth-order valence-electron chi connectivity index (χ4n) is 3.13. The van der Waals surface area contributed by atoms with Crippen LogP contribution in [0.1, 0.15) is 22.3 Å². The third-order valence-electron chi connectivity index (χ3n) is 4.72. The summed E-state index contributed by atoms with van der Waals surface area (Å²) in [6, 6.07) is 13.6. The maximum Gasteiger partial charge on any atom is 0.335 e. The minimum absolute atomic E-state index is 0.0203. The van der Waals surface area contributed by atoms with Gasteiger partial charge in [-0.2, -0.15) is 0 Å². The van der Waals surface area contributed by atoms with Crippen molar-refractivity contribution in [3.8, 4) is 5.75 Å². The van der Waals surface area contributed by atoms with Crippen LogP contribution in [-0.2, 0) is 21.4 Å². The van der Waals surface area contributed by atoms with Gasteiger partial charge in [0, 0.05) is 13.1 Å². The van der Waals surface area contributed by atoms with Crippen LogP contribution >= 0.6 is 0 Å². The molecule has 0 unspecified atom stereocenters. The molecule has 1 saturated heterocycles. The fraction of sp³-hybridized carbons (Fsp3) is 0.381. The molecule has 0 spiro atoms. The Bertz CT molecular complexity index is 943. The lowest BCUT2D eigenvalue weighted by Gasteiger charge is -2.26. The van der Waals surface area contributed by atoms with Crippen molar-refractivity contribution < 1.29 is 27.8 Å². The van der Waals surface area contributed by atoms with Gasteiger partial charge in [0.15, 0.2) is 0 Å². The van der Waals surface area contributed by atoms with Gasteiger partial charge in [0.2, 0.25) is 10.0 Å². The molecule has 9 heteroatoms.